The van der Waals surface area contributed by atoms with Gasteiger partial charge in [-0.15, -0.1) is 0 Å². The lowest BCUT2D eigenvalue weighted by Gasteiger charge is -2.29. The van der Waals surface area contributed by atoms with Crippen molar-refractivity contribution in [1.29, 1.82) is 0 Å². The summed E-state index contributed by atoms with van der Waals surface area (Å²) in [4.78, 5) is 0. The summed E-state index contributed by atoms with van der Waals surface area (Å²) in [5.41, 5.74) is 2.31. The molecule has 4 heteroatoms. The second-order valence-corrected chi connectivity index (χ2v) is 6.22. The van der Waals surface area contributed by atoms with E-state index in [1.165, 1.54) is 5.57 Å². The fourth-order valence-electron chi connectivity index (χ4n) is 3.56. The number of ether oxygens (including phenoxy) is 2. The van der Waals surface area contributed by atoms with Crippen molar-refractivity contribution in [3.8, 4) is 11.5 Å². The van der Waals surface area contributed by atoms with Crippen LogP contribution in [0.15, 0.2) is 41.8 Å². The first-order valence-electron chi connectivity index (χ1n) is 8.21. The van der Waals surface area contributed by atoms with E-state index >= 15 is 0 Å². The summed E-state index contributed by atoms with van der Waals surface area (Å²) < 4.78 is 24.8. The Bertz CT molecular complexity index is 618. The Morgan fingerprint density at radius 2 is 1.83 bits per heavy atom. The Morgan fingerprint density at radius 1 is 1.09 bits per heavy atom. The summed E-state index contributed by atoms with van der Waals surface area (Å²) >= 11 is 0. The number of hydrogen-bond acceptors (Lipinski definition) is 3. The zero-order valence-corrected chi connectivity index (χ0v) is 13.8. The maximum Gasteiger partial charge on any atom is 0.161 e. The van der Waals surface area contributed by atoms with Crippen LogP contribution in [0.25, 0.3) is 0 Å². The SMILES string of the molecule is COc1ccc(C2C=C(F)C=C(C3CCNCC3)C2)cc1OC. The molecule has 0 radical (unpaired) electrons. The lowest BCUT2D eigenvalue weighted by Crippen LogP contribution is -2.29. The molecule has 0 spiro atoms. The quantitative estimate of drug-likeness (QED) is 0.911. The largest absolute Gasteiger partial charge is 0.493 e. The van der Waals surface area contributed by atoms with Gasteiger partial charge in [-0.2, -0.15) is 0 Å². The van der Waals surface area contributed by atoms with Crippen molar-refractivity contribution in [1.82, 2.24) is 5.32 Å². The van der Waals surface area contributed by atoms with Crippen LogP contribution >= 0.6 is 0 Å². The van der Waals surface area contributed by atoms with E-state index in [2.05, 4.69) is 5.32 Å². The highest BCUT2D eigenvalue weighted by atomic mass is 19.1. The number of allylic oxidation sites excluding steroid dienone is 4. The second kappa shape index (κ2) is 7.18. The molecule has 0 saturated carbocycles. The Kier molecular flexibility index (Phi) is 5.01. The van der Waals surface area contributed by atoms with Crippen LogP contribution < -0.4 is 14.8 Å². The molecular weight excluding hydrogens is 293 g/mol. The molecule has 3 nitrogen and oxygen atoms in total. The van der Waals surface area contributed by atoms with Crippen molar-refractivity contribution in [2.45, 2.75) is 25.2 Å². The van der Waals surface area contributed by atoms with Crippen LogP contribution in [0, 0.1) is 5.92 Å². The normalized spacial score (nSPS) is 22.3. The molecule has 1 heterocycles. The molecule has 23 heavy (non-hydrogen) atoms. The number of methoxy groups -OCH3 is 2. The third-order valence-corrected chi connectivity index (χ3v) is 4.84. The van der Waals surface area contributed by atoms with Crippen LogP contribution in [-0.2, 0) is 0 Å². The van der Waals surface area contributed by atoms with Crippen LogP contribution in [0.2, 0.25) is 0 Å². The molecule has 0 aromatic heterocycles. The van der Waals surface area contributed by atoms with Crippen LogP contribution in [0.4, 0.5) is 4.39 Å². The minimum absolute atomic E-state index is 0.0599. The van der Waals surface area contributed by atoms with Gasteiger partial charge in [-0.1, -0.05) is 11.6 Å². The molecular formula is C19H24FNO2. The zero-order chi connectivity index (χ0) is 16.2. The lowest BCUT2D eigenvalue weighted by molar-refractivity contribution is 0.354. The monoisotopic (exact) mass is 317 g/mol. The van der Waals surface area contributed by atoms with E-state index in [1.54, 1.807) is 26.4 Å². The Morgan fingerprint density at radius 3 is 2.52 bits per heavy atom. The summed E-state index contributed by atoms with van der Waals surface area (Å²) in [5.74, 6) is 1.83. The van der Waals surface area contributed by atoms with Gasteiger partial charge in [0.15, 0.2) is 11.5 Å². The average molecular weight is 317 g/mol. The van der Waals surface area contributed by atoms with E-state index in [9.17, 15) is 4.39 Å². The molecule has 1 aliphatic carbocycles. The van der Waals surface area contributed by atoms with Gasteiger partial charge in [0.05, 0.1) is 14.2 Å². The number of nitrogens with one attached hydrogen (secondary N) is 1. The highest BCUT2D eigenvalue weighted by molar-refractivity contribution is 5.46. The lowest BCUT2D eigenvalue weighted by atomic mass is 9.79. The molecule has 3 rings (SSSR count). The van der Waals surface area contributed by atoms with Crippen LogP contribution in [-0.4, -0.2) is 27.3 Å². The molecule has 0 bridgehead atoms. The first-order valence-corrected chi connectivity index (χ1v) is 8.21. The Balaban J connectivity index is 1.82. The van der Waals surface area contributed by atoms with Crippen molar-refractivity contribution in [3.05, 3.63) is 47.3 Å². The number of benzene rings is 1. The molecule has 1 unspecified atom stereocenters. The van der Waals surface area contributed by atoms with E-state index in [0.717, 1.165) is 37.9 Å². The molecule has 1 atom stereocenters. The predicted octanol–water partition coefficient (Wildman–Crippen LogP) is 3.97. The summed E-state index contributed by atoms with van der Waals surface area (Å²) in [6.45, 7) is 2.04. The van der Waals surface area contributed by atoms with Gasteiger partial charge in [0.2, 0.25) is 0 Å². The van der Waals surface area contributed by atoms with Crippen LogP contribution in [0.3, 0.4) is 0 Å². The van der Waals surface area contributed by atoms with Crippen molar-refractivity contribution in [2.24, 2.45) is 5.92 Å². The summed E-state index contributed by atoms with van der Waals surface area (Å²) in [6, 6.07) is 5.85. The van der Waals surface area contributed by atoms with E-state index in [0.29, 0.717) is 17.4 Å². The highest BCUT2D eigenvalue weighted by Gasteiger charge is 2.25. The maximum absolute atomic E-state index is 14.2. The van der Waals surface area contributed by atoms with E-state index < -0.39 is 0 Å². The number of piperidine rings is 1. The minimum atomic E-state index is -0.121. The van der Waals surface area contributed by atoms with Gasteiger partial charge in [0.1, 0.15) is 5.83 Å². The van der Waals surface area contributed by atoms with Gasteiger partial charge < -0.3 is 14.8 Å². The molecule has 1 aromatic carbocycles. The van der Waals surface area contributed by atoms with Gasteiger partial charge >= 0.3 is 0 Å². The molecule has 1 saturated heterocycles. The van der Waals surface area contributed by atoms with Gasteiger partial charge in [-0.3, -0.25) is 0 Å². The number of hydrogen-bond donors (Lipinski definition) is 1. The summed E-state index contributed by atoms with van der Waals surface area (Å²) in [5, 5.41) is 3.37. The van der Waals surface area contributed by atoms with Crippen molar-refractivity contribution >= 4 is 0 Å². The molecule has 124 valence electrons. The fraction of sp³-hybridized carbons (Fsp3) is 0.474. The van der Waals surface area contributed by atoms with E-state index in [4.69, 9.17) is 9.47 Å². The summed E-state index contributed by atoms with van der Waals surface area (Å²) in [7, 11) is 3.24. The maximum atomic E-state index is 14.2. The van der Waals surface area contributed by atoms with Crippen molar-refractivity contribution in [2.75, 3.05) is 27.3 Å². The van der Waals surface area contributed by atoms with Crippen molar-refractivity contribution in [3.63, 3.8) is 0 Å². The number of halogens is 1. The Labute approximate surface area is 137 Å². The standard InChI is InChI=1S/C19H24FNO2/c1-22-18-4-3-14(12-19(18)23-2)16-9-15(10-17(20)11-16)13-5-7-21-8-6-13/h3-4,10-13,16,21H,5-9H2,1-2H3. The third-order valence-electron chi connectivity index (χ3n) is 4.84. The first-order chi connectivity index (χ1) is 11.2. The molecule has 2 aliphatic rings. The second-order valence-electron chi connectivity index (χ2n) is 6.22. The van der Waals surface area contributed by atoms with Gasteiger partial charge in [0, 0.05) is 5.92 Å². The van der Waals surface area contributed by atoms with Gasteiger partial charge in [0.25, 0.3) is 0 Å². The first kappa shape index (κ1) is 16.1. The van der Waals surface area contributed by atoms with Crippen LogP contribution in [0.1, 0.15) is 30.7 Å². The molecule has 1 aromatic rings. The van der Waals surface area contributed by atoms with E-state index in [1.807, 2.05) is 18.2 Å². The molecule has 1 aliphatic heterocycles. The third kappa shape index (κ3) is 3.58. The molecule has 0 amide bonds. The fourth-order valence-corrected chi connectivity index (χ4v) is 3.56. The molecule has 1 N–H and O–H groups in total. The highest BCUT2D eigenvalue weighted by Crippen LogP contribution is 2.39. The smallest absolute Gasteiger partial charge is 0.161 e. The van der Waals surface area contributed by atoms with Crippen molar-refractivity contribution < 1.29 is 13.9 Å². The van der Waals surface area contributed by atoms with E-state index in [-0.39, 0.29) is 11.7 Å². The summed E-state index contributed by atoms with van der Waals surface area (Å²) in [6.07, 6.45) is 6.53. The average Bonchev–Trinajstić information content (AvgIpc) is 2.61. The Hall–Kier alpha value is -1.81. The van der Waals surface area contributed by atoms with Crippen LogP contribution in [0.5, 0.6) is 11.5 Å². The number of rotatable bonds is 4. The minimum Gasteiger partial charge on any atom is -0.493 e. The topological polar surface area (TPSA) is 30.5 Å². The zero-order valence-electron chi connectivity index (χ0n) is 13.8. The molecule has 1 fully saturated rings. The van der Waals surface area contributed by atoms with Gasteiger partial charge in [-0.25, -0.2) is 4.39 Å². The van der Waals surface area contributed by atoms with Gasteiger partial charge in [-0.05, 0) is 68.1 Å². The predicted molar refractivity (Wildman–Crippen MR) is 89.8 cm³/mol.